The number of aryl methyl sites for hydroxylation is 2. The van der Waals surface area contributed by atoms with E-state index in [1.54, 1.807) is 10.8 Å². The molecule has 1 heterocycles. The molecule has 5 heteroatoms. The minimum Gasteiger partial charge on any atom is -0.396 e. The molecule has 0 aliphatic rings. The number of hydrogen-bond acceptors (Lipinski definition) is 3. The van der Waals surface area contributed by atoms with E-state index in [9.17, 15) is 4.79 Å². The van der Waals surface area contributed by atoms with Gasteiger partial charge in [0.1, 0.15) is 0 Å². The van der Waals surface area contributed by atoms with Crippen molar-refractivity contribution in [1.29, 1.82) is 0 Å². The average molecular weight is 293 g/mol. The lowest BCUT2D eigenvalue weighted by atomic mass is 9.85. The lowest BCUT2D eigenvalue weighted by Crippen LogP contribution is -2.43. The molecule has 1 atom stereocenters. The molecule has 2 N–H and O–H groups in total. The van der Waals surface area contributed by atoms with Crippen LogP contribution >= 0.6 is 0 Å². The lowest BCUT2D eigenvalue weighted by Gasteiger charge is -2.30. The number of rotatable bonds is 5. The van der Waals surface area contributed by atoms with Gasteiger partial charge in [0.05, 0.1) is 5.69 Å². The van der Waals surface area contributed by atoms with Crippen LogP contribution in [0, 0.1) is 19.3 Å². The highest BCUT2D eigenvalue weighted by Gasteiger charge is 2.25. The zero-order chi connectivity index (χ0) is 16.2. The Bertz CT molecular complexity index is 524. The van der Waals surface area contributed by atoms with Crippen molar-refractivity contribution < 1.29 is 9.90 Å². The van der Waals surface area contributed by atoms with Crippen molar-refractivity contribution in [3.05, 3.63) is 23.0 Å². The molecule has 5 nitrogen and oxygen atoms in total. The summed E-state index contributed by atoms with van der Waals surface area (Å²) in [6.45, 7) is 10.1. The highest BCUT2D eigenvalue weighted by atomic mass is 16.3. The third-order valence-electron chi connectivity index (χ3n) is 3.75. The van der Waals surface area contributed by atoms with Gasteiger partial charge in [-0.15, -0.1) is 0 Å². The third-order valence-corrected chi connectivity index (χ3v) is 3.75. The second-order valence-electron chi connectivity index (χ2n) is 6.48. The first-order valence-electron chi connectivity index (χ1n) is 7.26. The van der Waals surface area contributed by atoms with Crippen LogP contribution in [0.15, 0.2) is 6.08 Å². The van der Waals surface area contributed by atoms with E-state index < -0.39 is 0 Å². The van der Waals surface area contributed by atoms with E-state index in [1.165, 1.54) is 6.08 Å². The summed E-state index contributed by atoms with van der Waals surface area (Å²) in [4.78, 5) is 12.1. The number of hydrogen-bond donors (Lipinski definition) is 2. The lowest BCUT2D eigenvalue weighted by molar-refractivity contribution is -0.118. The van der Waals surface area contributed by atoms with Crippen LogP contribution in [0.3, 0.4) is 0 Å². The van der Waals surface area contributed by atoms with Gasteiger partial charge in [0.25, 0.3) is 0 Å². The summed E-state index contributed by atoms with van der Waals surface area (Å²) in [5.41, 5.74) is 2.81. The van der Waals surface area contributed by atoms with Gasteiger partial charge < -0.3 is 10.4 Å². The number of carbonyl (C=O) groups excluding carboxylic acids is 1. The SMILES string of the molecule is Cc1nn(C)c(C)c1/C=C/C(=O)NC(CCO)C(C)(C)C. The number of aromatic nitrogens is 2. The summed E-state index contributed by atoms with van der Waals surface area (Å²) in [5, 5.41) is 16.4. The van der Waals surface area contributed by atoms with Crippen molar-refractivity contribution in [1.82, 2.24) is 15.1 Å². The first kappa shape index (κ1) is 17.4. The fourth-order valence-corrected chi connectivity index (χ4v) is 2.26. The Morgan fingerprint density at radius 3 is 2.48 bits per heavy atom. The second-order valence-corrected chi connectivity index (χ2v) is 6.48. The molecule has 1 rings (SSSR count). The van der Waals surface area contributed by atoms with Crippen molar-refractivity contribution in [2.45, 2.75) is 47.1 Å². The smallest absolute Gasteiger partial charge is 0.244 e. The quantitative estimate of drug-likeness (QED) is 0.816. The highest BCUT2D eigenvalue weighted by Crippen LogP contribution is 2.21. The number of nitrogens with zero attached hydrogens (tertiary/aromatic N) is 2. The van der Waals surface area contributed by atoms with Gasteiger partial charge in [-0.1, -0.05) is 20.8 Å². The molecule has 0 saturated carbocycles. The Balaban J connectivity index is 2.78. The van der Waals surface area contributed by atoms with E-state index in [1.807, 2.05) is 41.7 Å². The van der Waals surface area contributed by atoms with Gasteiger partial charge in [0.15, 0.2) is 0 Å². The van der Waals surface area contributed by atoms with Crippen LogP contribution in [-0.2, 0) is 11.8 Å². The molecule has 0 aliphatic heterocycles. The Labute approximate surface area is 127 Å². The molecule has 0 aromatic carbocycles. The normalized spacial score (nSPS) is 13.7. The molecule has 0 bridgehead atoms. The maximum Gasteiger partial charge on any atom is 0.244 e. The molecule has 1 amide bonds. The van der Waals surface area contributed by atoms with Crippen molar-refractivity contribution in [2.24, 2.45) is 12.5 Å². The van der Waals surface area contributed by atoms with Gasteiger partial charge in [0.2, 0.25) is 5.91 Å². The van der Waals surface area contributed by atoms with Crippen LogP contribution in [0.25, 0.3) is 6.08 Å². The Hall–Kier alpha value is -1.62. The molecule has 0 radical (unpaired) electrons. The molecular formula is C16H27N3O2. The van der Waals surface area contributed by atoms with Gasteiger partial charge in [-0.3, -0.25) is 9.48 Å². The Kier molecular flexibility index (Phi) is 5.72. The second kappa shape index (κ2) is 6.89. The molecule has 0 spiro atoms. The van der Waals surface area contributed by atoms with Crippen LogP contribution in [0.2, 0.25) is 0 Å². The largest absolute Gasteiger partial charge is 0.396 e. The number of aliphatic hydroxyl groups excluding tert-OH is 1. The first-order valence-corrected chi connectivity index (χ1v) is 7.26. The minimum absolute atomic E-state index is 0.0595. The van der Waals surface area contributed by atoms with Gasteiger partial charge in [-0.2, -0.15) is 5.10 Å². The van der Waals surface area contributed by atoms with E-state index in [4.69, 9.17) is 5.11 Å². The summed E-state index contributed by atoms with van der Waals surface area (Å²) in [5.74, 6) is -0.147. The molecule has 1 unspecified atom stereocenters. The minimum atomic E-state index is -0.147. The molecule has 0 aliphatic carbocycles. The summed E-state index contributed by atoms with van der Waals surface area (Å²) in [7, 11) is 1.89. The van der Waals surface area contributed by atoms with Crippen LogP contribution in [0.1, 0.15) is 44.1 Å². The van der Waals surface area contributed by atoms with E-state index in [0.29, 0.717) is 6.42 Å². The summed E-state index contributed by atoms with van der Waals surface area (Å²) in [6, 6.07) is -0.0595. The van der Waals surface area contributed by atoms with Gasteiger partial charge in [0, 0.05) is 37.0 Å². The fraction of sp³-hybridized carbons (Fsp3) is 0.625. The molecular weight excluding hydrogens is 266 g/mol. The van der Waals surface area contributed by atoms with Crippen LogP contribution < -0.4 is 5.32 Å². The summed E-state index contributed by atoms with van der Waals surface area (Å²) < 4.78 is 1.80. The first-order chi connectivity index (χ1) is 9.66. The number of nitrogens with one attached hydrogen (secondary N) is 1. The van der Waals surface area contributed by atoms with Gasteiger partial charge >= 0.3 is 0 Å². The van der Waals surface area contributed by atoms with E-state index in [2.05, 4.69) is 10.4 Å². The molecule has 0 fully saturated rings. The number of aliphatic hydroxyl groups is 1. The van der Waals surface area contributed by atoms with Crippen LogP contribution in [0.5, 0.6) is 0 Å². The third kappa shape index (κ3) is 4.70. The van der Waals surface area contributed by atoms with E-state index in [0.717, 1.165) is 17.0 Å². The Morgan fingerprint density at radius 2 is 2.05 bits per heavy atom. The zero-order valence-electron chi connectivity index (χ0n) is 13.9. The van der Waals surface area contributed by atoms with Crippen molar-refractivity contribution in [3.63, 3.8) is 0 Å². The molecule has 21 heavy (non-hydrogen) atoms. The molecule has 1 aromatic rings. The number of amides is 1. The molecule has 118 valence electrons. The number of carbonyl (C=O) groups is 1. The highest BCUT2D eigenvalue weighted by molar-refractivity contribution is 5.92. The summed E-state index contributed by atoms with van der Waals surface area (Å²) >= 11 is 0. The summed E-state index contributed by atoms with van der Waals surface area (Å²) in [6.07, 6.45) is 3.88. The maximum absolute atomic E-state index is 12.1. The zero-order valence-corrected chi connectivity index (χ0v) is 13.9. The Morgan fingerprint density at radius 1 is 1.43 bits per heavy atom. The van der Waals surface area contributed by atoms with Gasteiger partial charge in [-0.25, -0.2) is 0 Å². The van der Waals surface area contributed by atoms with Crippen molar-refractivity contribution in [3.8, 4) is 0 Å². The standard InChI is InChI=1S/C16H27N3O2/c1-11-13(12(2)19(6)18-11)7-8-15(21)17-14(9-10-20)16(3,4)5/h7-8,14,20H,9-10H2,1-6H3,(H,17,21)/b8-7+. The topological polar surface area (TPSA) is 67.2 Å². The van der Waals surface area contributed by atoms with Crippen LogP contribution in [0.4, 0.5) is 0 Å². The molecule has 1 aromatic heterocycles. The average Bonchev–Trinajstić information content (AvgIpc) is 2.59. The predicted octanol–water partition coefficient (Wildman–Crippen LogP) is 1.96. The van der Waals surface area contributed by atoms with Crippen molar-refractivity contribution in [2.75, 3.05) is 6.61 Å². The fourth-order valence-electron chi connectivity index (χ4n) is 2.26. The monoisotopic (exact) mass is 293 g/mol. The van der Waals surface area contributed by atoms with Gasteiger partial charge in [-0.05, 0) is 31.8 Å². The van der Waals surface area contributed by atoms with Crippen molar-refractivity contribution >= 4 is 12.0 Å². The van der Waals surface area contributed by atoms with E-state index in [-0.39, 0.29) is 24.0 Å². The maximum atomic E-state index is 12.1. The van der Waals surface area contributed by atoms with E-state index >= 15 is 0 Å². The predicted molar refractivity (Wildman–Crippen MR) is 84.8 cm³/mol. The molecule has 0 saturated heterocycles. The van der Waals surface area contributed by atoms with Crippen LogP contribution in [-0.4, -0.2) is 33.4 Å².